The van der Waals surface area contributed by atoms with Crippen LogP contribution in [0.2, 0.25) is 0 Å². The molecule has 0 spiro atoms. The van der Waals surface area contributed by atoms with Crippen molar-refractivity contribution in [2.75, 3.05) is 0 Å². The first-order valence-corrected chi connectivity index (χ1v) is 9.00. The molecule has 2 heteroatoms. The first-order chi connectivity index (χ1) is 9.72. The minimum absolute atomic E-state index is 0.791. The maximum Gasteiger partial charge on any atom is 0.0208 e. The average molecular weight is 334 g/mol. The second-order valence-corrected chi connectivity index (χ2v) is 8.08. The van der Waals surface area contributed by atoms with Crippen LogP contribution in [0.25, 0.3) is 0 Å². The van der Waals surface area contributed by atoms with Crippen LogP contribution in [0, 0.1) is 30.6 Å². The summed E-state index contributed by atoms with van der Waals surface area (Å²) >= 11 is 3.64. The first kappa shape index (κ1) is 13.3. The number of nitrogens with one attached hydrogen (secondary N) is 1. The summed E-state index contributed by atoms with van der Waals surface area (Å²) in [6, 6.07) is 7.54. The fourth-order valence-electron chi connectivity index (χ4n) is 5.30. The fraction of sp³-hybridized carbons (Fsp3) is 0.667. The van der Waals surface area contributed by atoms with Crippen molar-refractivity contribution in [2.45, 2.75) is 51.6 Å². The Morgan fingerprint density at radius 1 is 1.15 bits per heavy atom. The van der Waals surface area contributed by atoms with Gasteiger partial charge < -0.3 is 5.32 Å². The van der Waals surface area contributed by atoms with Crippen LogP contribution in [0.1, 0.15) is 43.2 Å². The van der Waals surface area contributed by atoms with Crippen LogP contribution in [-0.2, 0) is 6.54 Å². The standard InChI is InChI=1S/C18H24BrN/c1-11-5-6-12(7-17(11)19)10-20-18-9-13-8-16(18)15-4-2-3-14(13)15/h5-7,13-16,18,20H,2-4,8-10H2,1H3. The highest BCUT2D eigenvalue weighted by molar-refractivity contribution is 9.10. The molecule has 20 heavy (non-hydrogen) atoms. The van der Waals surface area contributed by atoms with Crippen LogP contribution in [-0.4, -0.2) is 6.04 Å². The quantitative estimate of drug-likeness (QED) is 0.847. The highest BCUT2D eigenvalue weighted by Gasteiger charge is 2.53. The van der Waals surface area contributed by atoms with Gasteiger partial charge in [0.2, 0.25) is 0 Å². The summed E-state index contributed by atoms with van der Waals surface area (Å²) in [4.78, 5) is 0. The molecule has 3 aliphatic carbocycles. The van der Waals surface area contributed by atoms with Crippen molar-refractivity contribution in [2.24, 2.45) is 23.7 Å². The van der Waals surface area contributed by atoms with E-state index < -0.39 is 0 Å². The van der Waals surface area contributed by atoms with Crippen molar-refractivity contribution in [3.63, 3.8) is 0 Å². The third-order valence-corrected chi connectivity index (χ3v) is 7.09. The van der Waals surface area contributed by atoms with Gasteiger partial charge in [0, 0.05) is 17.1 Å². The summed E-state index contributed by atoms with van der Waals surface area (Å²) in [6.45, 7) is 3.18. The van der Waals surface area contributed by atoms with Gasteiger partial charge in [-0.15, -0.1) is 0 Å². The molecular weight excluding hydrogens is 310 g/mol. The molecule has 0 saturated heterocycles. The normalized spacial score (nSPS) is 38.4. The van der Waals surface area contributed by atoms with Gasteiger partial charge in [-0.3, -0.25) is 0 Å². The summed E-state index contributed by atoms with van der Waals surface area (Å²) in [6.07, 6.45) is 7.51. The zero-order chi connectivity index (χ0) is 13.7. The third kappa shape index (κ3) is 2.16. The Labute approximate surface area is 130 Å². The summed E-state index contributed by atoms with van der Waals surface area (Å²) in [5.74, 6) is 4.21. The van der Waals surface area contributed by atoms with E-state index in [4.69, 9.17) is 0 Å². The van der Waals surface area contributed by atoms with Gasteiger partial charge in [0.05, 0.1) is 0 Å². The van der Waals surface area contributed by atoms with Crippen LogP contribution < -0.4 is 5.32 Å². The van der Waals surface area contributed by atoms with Gasteiger partial charge in [0.15, 0.2) is 0 Å². The molecule has 5 unspecified atom stereocenters. The number of halogens is 1. The van der Waals surface area contributed by atoms with Crippen LogP contribution in [0.4, 0.5) is 0 Å². The number of rotatable bonds is 3. The van der Waals surface area contributed by atoms with E-state index in [2.05, 4.69) is 46.4 Å². The number of hydrogen-bond acceptors (Lipinski definition) is 1. The molecule has 1 aromatic carbocycles. The van der Waals surface area contributed by atoms with E-state index in [0.717, 1.165) is 36.3 Å². The Morgan fingerprint density at radius 3 is 2.85 bits per heavy atom. The summed E-state index contributed by atoms with van der Waals surface area (Å²) < 4.78 is 1.24. The average Bonchev–Trinajstić information content (AvgIpc) is 3.11. The molecule has 1 aromatic rings. The Hall–Kier alpha value is -0.340. The van der Waals surface area contributed by atoms with Gasteiger partial charge in [-0.1, -0.05) is 34.5 Å². The molecule has 3 saturated carbocycles. The van der Waals surface area contributed by atoms with Crippen molar-refractivity contribution < 1.29 is 0 Å². The zero-order valence-corrected chi connectivity index (χ0v) is 13.8. The zero-order valence-electron chi connectivity index (χ0n) is 12.2. The molecule has 0 radical (unpaired) electrons. The number of fused-ring (bicyclic) bond motifs is 5. The van der Waals surface area contributed by atoms with Gasteiger partial charge >= 0.3 is 0 Å². The van der Waals surface area contributed by atoms with Crippen LogP contribution in [0.3, 0.4) is 0 Å². The Kier molecular flexibility index (Phi) is 3.42. The van der Waals surface area contributed by atoms with Gasteiger partial charge in [0.25, 0.3) is 0 Å². The van der Waals surface area contributed by atoms with Crippen LogP contribution in [0.15, 0.2) is 22.7 Å². The number of benzene rings is 1. The molecule has 0 aromatic heterocycles. The van der Waals surface area contributed by atoms with Crippen molar-refractivity contribution in [1.82, 2.24) is 5.32 Å². The molecule has 3 aliphatic rings. The van der Waals surface area contributed by atoms with Crippen molar-refractivity contribution in [3.05, 3.63) is 33.8 Å². The Balaban J connectivity index is 1.40. The topological polar surface area (TPSA) is 12.0 Å². The van der Waals surface area contributed by atoms with E-state index in [1.165, 1.54) is 47.7 Å². The van der Waals surface area contributed by atoms with Crippen LogP contribution in [0.5, 0.6) is 0 Å². The number of hydrogen-bond donors (Lipinski definition) is 1. The Bertz CT molecular complexity index is 512. The minimum atomic E-state index is 0.791. The van der Waals surface area contributed by atoms with E-state index in [1.807, 2.05) is 0 Å². The molecule has 5 atom stereocenters. The molecule has 108 valence electrons. The smallest absolute Gasteiger partial charge is 0.0208 e. The maximum atomic E-state index is 3.87. The predicted molar refractivity (Wildman–Crippen MR) is 86.6 cm³/mol. The second-order valence-electron chi connectivity index (χ2n) is 7.22. The Morgan fingerprint density at radius 2 is 2.00 bits per heavy atom. The monoisotopic (exact) mass is 333 g/mol. The van der Waals surface area contributed by atoms with Crippen molar-refractivity contribution >= 4 is 15.9 Å². The van der Waals surface area contributed by atoms with E-state index in [9.17, 15) is 0 Å². The molecule has 3 fully saturated rings. The SMILES string of the molecule is Cc1ccc(CNC2CC3CC2C2CCCC32)cc1Br. The first-order valence-electron chi connectivity index (χ1n) is 8.21. The molecule has 0 aliphatic heterocycles. The summed E-state index contributed by atoms with van der Waals surface area (Å²) in [5.41, 5.74) is 2.73. The van der Waals surface area contributed by atoms with Gasteiger partial charge in [-0.2, -0.15) is 0 Å². The highest BCUT2D eigenvalue weighted by Crippen LogP contribution is 2.58. The lowest BCUT2D eigenvalue weighted by atomic mass is 9.79. The lowest BCUT2D eigenvalue weighted by Crippen LogP contribution is -2.38. The second kappa shape index (κ2) is 5.14. The number of aryl methyl sites for hydroxylation is 1. The molecule has 2 bridgehead atoms. The molecule has 0 amide bonds. The van der Waals surface area contributed by atoms with Gasteiger partial charge in [0.1, 0.15) is 0 Å². The highest BCUT2D eigenvalue weighted by atomic mass is 79.9. The van der Waals surface area contributed by atoms with E-state index in [-0.39, 0.29) is 0 Å². The predicted octanol–water partition coefficient (Wildman–Crippen LogP) is 4.67. The molecule has 1 N–H and O–H groups in total. The fourth-order valence-corrected chi connectivity index (χ4v) is 5.72. The molecule has 1 nitrogen and oxygen atoms in total. The van der Waals surface area contributed by atoms with Gasteiger partial charge in [-0.25, -0.2) is 0 Å². The van der Waals surface area contributed by atoms with Crippen molar-refractivity contribution in [3.8, 4) is 0 Å². The van der Waals surface area contributed by atoms with E-state index >= 15 is 0 Å². The summed E-state index contributed by atoms with van der Waals surface area (Å²) in [7, 11) is 0. The maximum absolute atomic E-state index is 3.87. The van der Waals surface area contributed by atoms with Crippen molar-refractivity contribution in [1.29, 1.82) is 0 Å². The molecule has 0 heterocycles. The lowest BCUT2D eigenvalue weighted by Gasteiger charge is -2.32. The van der Waals surface area contributed by atoms with Crippen LogP contribution >= 0.6 is 15.9 Å². The molecule has 4 rings (SSSR count). The minimum Gasteiger partial charge on any atom is -0.310 e. The van der Waals surface area contributed by atoms with Gasteiger partial charge in [-0.05, 0) is 73.5 Å². The largest absolute Gasteiger partial charge is 0.310 e. The van der Waals surface area contributed by atoms with E-state index in [1.54, 1.807) is 0 Å². The lowest BCUT2D eigenvalue weighted by molar-refractivity contribution is 0.208. The van der Waals surface area contributed by atoms with E-state index in [0.29, 0.717) is 0 Å². The molecular formula is C18H24BrN. The third-order valence-electron chi connectivity index (χ3n) is 6.23. The summed E-state index contributed by atoms with van der Waals surface area (Å²) in [5, 5.41) is 3.87.